The van der Waals surface area contributed by atoms with E-state index in [1.54, 1.807) is 0 Å². The van der Waals surface area contributed by atoms with Crippen molar-refractivity contribution in [3.63, 3.8) is 0 Å². The molecule has 0 saturated carbocycles. The van der Waals surface area contributed by atoms with Crippen LogP contribution in [0.1, 0.15) is 33.4 Å². The van der Waals surface area contributed by atoms with Gasteiger partial charge in [0.05, 0.1) is 0 Å². The van der Waals surface area contributed by atoms with Crippen LogP contribution in [-0.4, -0.2) is 6.72 Å². The van der Waals surface area contributed by atoms with Gasteiger partial charge in [-0.05, 0) is 6.92 Å². The van der Waals surface area contributed by atoms with E-state index >= 15 is 0 Å². The number of nitrogens with zero attached hydrogens (tertiary/aromatic N) is 1. The van der Waals surface area contributed by atoms with Gasteiger partial charge in [0, 0.05) is 0 Å². The van der Waals surface area contributed by atoms with Gasteiger partial charge in [-0.1, -0.05) is 58.0 Å². The number of benzene rings is 2. The van der Waals surface area contributed by atoms with Crippen molar-refractivity contribution >= 4 is 12.4 Å². The summed E-state index contributed by atoms with van der Waals surface area (Å²) >= 11 is 0. The summed E-state index contributed by atoms with van der Waals surface area (Å²) in [5, 5.41) is 0. The molecular weight excluding hydrogens is 249 g/mol. The zero-order valence-electron chi connectivity index (χ0n) is 14.3. The number of hydrogen-bond donors (Lipinski definition) is 0. The molecule has 0 bridgehead atoms. The molecule has 0 aliphatic rings. The largest absolute Gasteiger partial charge is 1.00 e. The first kappa shape index (κ1) is 19.7. The fourth-order valence-electron chi connectivity index (χ4n) is 2.48. The van der Waals surface area contributed by atoms with Crippen molar-refractivity contribution in [3.05, 3.63) is 63.7 Å². The average molecular weight is 272 g/mol. The van der Waals surface area contributed by atoms with Crippen LogP contribution in [0.3, 0.4) is 0 Å². The van der Waals surface area contributed by atoms with Gasteiger partial charge in [-0.15, -0.1) is 11.1 Å². The summed E-state index contributed by atoms with van der Waals surface area (Å²) in [7, 11) is 0. The van der Waals surface area contributed by atoms with E-state index in [1.165, 1.54) is 22.3 Å². The maximum atomic E-state index is 5.23. The van der Waals surface area contributed by atoms with Crippen LogP contribution >= 0.6 is 0 Å². The van der Waals surface area contributed by atoms with Crippen LogP contribution in [0.25, 0.3) is 0 Å². The molecule has 0 amide bonds. The number of aliphatic imine (C=N–C) groups is 1. The first-order valence-electron chi connectivity index (χ1n) is 6.79. The van der Waals surface area contributed by atoms with E-state index < -0.39 is 0 Å². The number of hydrogen-bond acceptors (Lipinski definition) is 1. The molecule has 0 aliphatic carbocycles. The van der Waals surface area contributed by atoms with Crippen LogP contribution in [0.15, 0.2) is 29.3 Å². The molecule has 2 rings (SSSR count). The topological polar surface area (TPSA) is 12.4 Å². The number of aryl methyl sites for hydroxylation is 6. The summed E-state index contributed by atoms with van der Waals surface area (Å²) < 4.78 is 0. The van der Waals surface area contributed by atoms with Crippen LogP contribution in [0.5, 0.6) is 0 Å². The maximum Gasteiger partial charge on any atom is 1.00 e. The Labute approximate surface area is 141 Å². The van der Waals surface area contributed by atoms with Gasteiger partial charge in [0.2, 0.25) is 0 Å². The fourth-order valence-corrected chi connectivity index (χ4v) is 2.48. The molecule has 0 aromatic heterocycles. The molecule has 0 aliphatic heterocycles. The van der Waals surface area contributed by atoms with Crippen LogP contribution < -0.4 is 18.9 Å². The van der Waals surface area contributed by atoms with E-state index in [0.29, 0.717) is 0 Å². The zero-order valence-corrected chi connectivity index (χ0v) is 14.3. The molecule has 0 spiro atoms. The van der Waals surface area contributed by atoms with Crippen LogP contribution in [0.2, 0.25) is 0 Å². The predicted octanol–water partition coefficient (Wildman–Crippen LogP) is 2.24. The zero-order chi connectivity index (χ0) is 15.3. The molecule has 2 aromatic carbocycles. The maximum absolute atomic E-state index is 5.23. The van der Waals surface area contributed by atoms with Gasteiger partial charge in [-0.25, -0.2) is 0 Å². The summed E-state index contributed by atoms with van der Waals surface area (Å²) in [6.07, 6.45) is 0. The van der Waals surface area contributed by atoms with Crippen LogP contribution in [0.4, 0.5) is 5.69 Å². The normalized spacial score (nSPS) is 9.24. The van der Waals surface area contributed by atoms with E-state index in [0.717, 1.165) is 16.8 Å². The van der Waals surface area contributed by atoms with Crippen molar-refractivity contribution < 1.29 is 18.9 Å². The number of rotatable bonds is 1. The monoisotopic (exact) mass is 272 g/mol. The molecule has 0 radical (unpaired) electrons. The minimum atomic E-state index is 0. The Morgan fingerprint density at radius 2 is 1.14 bits per heavy atom. The molecule has 0 atom stereocenters. The Balaban J connectivity index is 0.000000370. The second-order valence-electron chi connectivity index (χ2n) is 5.40. The predicted molar refractivity (Wildman–Crippen MR) is 88.3 cm³/mol. The first-order chi connectivity index (χ1) is 9.33. The Hall–Kier alpha value is -1.29. The van der Waals surface area contributed by atoms with E-state index in [9.17, 15) is 0 Å². The smallest absolute Gasteiger partial charge is 0.459 e. The second kappa shape index (κ2) is 8.88. The van der Waals surface area contributed by atoms with Gasteiger partial charge in [-0.2, -0.15) is 41.6 Å². The molecule has 1 nitrogen and oxygen atoms in total. The molecule has 0 heterocycles. The van der Waals surface area contributed by atoms with Crippen LogP contribution in [0, 0.1) is 47.6 Å². The molecule has 0 fully saturated rings. The summed E-state index contributed by atoms with van der Waals surface area (Å²) in [5.41, 5.74) is 8.24. The van der Waals surface area contributed by atoms with E-state index in [4.69, 9.17) is 6.72 Å². The van der Waals surface area contributed by atoms with Crippen molar-refractivity contribution in [2.45, 2.75) is 41.5 Å². The van der Waals surface area contributed by atoms with Gasteiger partial charge in [0.25, 0.3) is 0 Å². The summed E-state index contributed by atoms with van der Waals surface area (Å²) in [6.45, 7) is 17.6. The Kier molecular flexibility index (Phi) is 8.33. The average Bonchev–Trinajstić information content (AvgIpc) is 2.26. The molecular formula is C19H23LiN-. The van der Waals surface area contributed by atoms with Gasteiger partial charge in [0.1, 0.15) is 0 Å². The summed E-state index contributed by atoms with van der Waals surface area (Å²) in [4.78, 5) is 3.71. The third kappa shape index (κ3) is 6.34. The SMILES string of the molecule is Cc1[c-]c(C)cc(C)c1.[CH-]=Nc1c(C)cc(C)cc1C.[Li+]. The van der Waals surface area contributed by atoms with E-state index in [-0.39, 0.29) is 18.9 Å². The molecule has 0 N–H and O–H groups in total. The molecule has 21 heavy (non-hydrogen) atoms. The van der Waals surface area contributed by atoms with Crippen LogP contribution in [-0.2, 0) is 0 Å². The van der Waals surface area contributed by atoms with Crippen molar-refractivity contribution in [1.82, 2.24) is 0 Å². The Bertz CT molecular complexity index is 541. The third-order valence-corrected chi connectivity index (χ3v) is 3.05. The fraction of sp³-hybridized carbons (Fsp3) is 0.316. The van der Waals surface area contributed by atoms with Crippen molar-refractivity contribution in [2.75, 3.05) is 0 Å². The molecule has 0 saturated heterocycles. The molecule has 0 unspecified atom stereocenters. The molecule has 2 aromatic rings. The Morgan fingerprint density at radius 3 is 1.48 bits per heavy atom. The minimum Gasteiger partial charge on any atom is -0.459 e. The van der Waals surface area contributed by atoms with E-state index in [2.05, 4.69) is 63.0 Å². The van der Waals surface area contributed by atoms with Gasteiger partial charge in [-0.3, -0.25) is 0 Å². The van der Waals surface area contributed by atoms with Crippen molar-refractivity contribution in [2.24, 2.45) is 4.99 Å². The first-order valence-corrected chi connectivity index (χ1v) is 6.79. The van der Waals surface area contributed by atoms with Gasteiger partial charge in [0.15, 0.2) is 0 Å². The Morgan fingerprint density at radius 1 is 0.762 bits per heavy atom. The van der Waals surface area contributed by atoms with Crippen molar-refractivity contribution in [1.29, 1.82) is 0 Å². The van der Waals surface area contributed by atoms with Crippen molar-refractivity contribution in [3.8, 4) is 0 Å². The second-order valence-corrected chi connectivity index (χ2v) is 5.40. The standard InChI is InChI=1S/C10H12N.C9H11.Li/c1-7-5-8(2)10(11-4)9(3)6-7;1-7-4-8(2)6-9(3)5-7;/h4-6H,1-3H3;4-5H,1-3H3;/q2*-1;+1. The minimum absolute atomic E-state index is 0. The van der Waals surface area contributed by atoms with Gasteiger partial charge >= 0.3 is 18.9 Å². The quantitative estimate of drug-likeness (QED) is 0.429. The third-order valence-electron chi connectivity index (χ3n) is 3.05. The van der Waals surface area contributed by atoms with Gasteiger partial charge < -0.3 is 4.99 Å². The molecule has 2 heteroatoms. The van der Waals surface area contributed by atoms with E-state index in [1.807, 2.05) is 13.8 Å². The molecule has 106 valence electrons. The summed E-state index contributed by atoms with van der Waals surface area (Å²) in [5.74, 6) is 0. The summed E-state index contributed by atoms with van der Waals surface area (Å²) in [6, 6.07) is 11.6.